The number of rotatable bonds is 6. The highest BCUT2D eigenvalue weighted by atomic mass is 79.9. The number of nitrogens with zero attached hydrogens (tertiary/aromatic N) is 4. The van der Waals surface area contributed by atoms with Crippen LogP contribution in [0.4, 0.5) is 0 Å². The summed E-state index contributed by atoms with van der Waals surface area (Å²) in [5.41, 5.74) is -1.22. The lowest BCUT2D eigenvalue weighted by Gasteiger charge is -2.24. The molecule has 3 rings (SSSR count). The molecule has 0 aliphatic heterocycles. The molecule has 13 heteroatoms. The number of hydrogen-bond donors (Lipinski definition) is 2. The van der Waals surface area contributed by atoms with Gasteiger partial charge in [-0.15, -0.1) is 0 Å². The lowest BCUT2D eigenvalue weighted by molar-refractivity contribution is 0.308. The molecule has 0 atom stereocenters. The average molecular weight is 586 g/mol. The quantitative estimate of drug-likeness (QED) is 0.425. The molecule has 0 amide bonds. The number of hydrogen-bond acceptors (Lipinski definition) is 8. The van der Waals surface area contributed by atoms with E-state index in [9.17, 15) is 19.8 Å². The Morgan fingerprint density at radius 1 is 0.914 bits per heavy atom. The van der Waals surface area contributed by atoms with Gasteiger partial charge < -0.3 is 19.7 Å². The smallest absolute Gasteiger partial charge is 0.262 e. The summed E-state index contributed by atoms with van der Waals surface area (Å²) in [7, 11) is 7.37. The average Bonchev–Trinajstić information content (AvgIpc) is 2.84. The normalized spacial score (nSPS) is 11.2. The number of aromatic hydroxyl groups is 2. The predicted molar refractivity (Wildman–Crippen MR) is 139 cm³/mol. The zero-order valence-electron chi connectivity index (χ0n) is 19.9. The number of ether oxygens (including phenoxy) is 2. The summed E-state index contributed by atoms with van der Waals surface area (Å²) in [5.74, 6) is -1.37. The summed E-state index contributed by atoms with van der Waals surface area (Å²) in [6, 6.07) is 3.22. The van der Waals surface area contributed by atoms with E-state index in [2.05, 4.69) is 15.9 Å². The predicted octanol–water partition coefficient (Wildman–Crippen LogP) is 2.98. The maximum atomic E-state index is 13.5. The molecule has 0 aliphatic rings. The van der Waals surface area contributed by atoms with Crippen LogP contribution in [-0.4, -0.2) is 42.2 Å². The van der Waals surface area contributed by atoms with Crippen LogP contribution in [0.15, 0.2) is 26.2 Å². The second-order valence-electron chi connectivity index (χ2n) is 7.79. The number of benzene rings is 1. The summed E-state index contributed by atoms with van der Waals surface area (Å²) in [6.45, 7) is 2.19. The standard InChI is InChI=1S/C22H25BrN4O6S2/c1-7-33-16-11(23)8-10(9-12(16)32-6)13(14-17(28)24(2)21(34)25(3)18(14)29)15-19(30)26(4)22(35)27(5)20(15)31/h8-9,13,28,30H,7H2,1-6H3. The van der Waals surface area contributed by atoms with Crippen molar-refractivity contribution in [1.82, 2.24) is 18.3 Å². The Balaban J connectivity index is 2.60. The lowest BCUT2D eigenvalue weighted by atomic mass is 9.86. The van der Waals surface area contributed by atoms with Crippen molar-refractivity contribution >= 4 is 40.4 Å². The van der Waals surface area contributed by atoms with Gasteiger partial charge in [0.25, 0.3) is 11.1 Å². The summed E-state index contributed by atoms with van der Waals surface area (Å²) >= 11 is 14.0. The van der Waals surface area contributed by atoms with Crippen LogP contribution >= 0.6 is 40.4 Å². The number of methoxy groups -OCH3 is 1. The van der Waals surface area contributed by atoms with Crippen molar-refractivity contribution < 1.29 is 19.7 Å². The molecule has 3 aromatic rings. The minimum absolute atomic E-state index is 0.0732. The molecule has 0 saturated heterocycles. The second-order valence-corrected chi connectivity index (χ2v) is 9.37. The monoisotopic (exact) mass is 584 g/mol. The van der Waals surface area contributed by atoms with Crippen LogP contribution in [0.1, 0.15) is 29.5 Å². The first-order valence-electron chi connectivity index (χ1n) is 10.4. The Hall–Kier alpha value is -2.90. The zero-order chi connectivity index (χ0) is 26.4. The first-order valence-corrected chi connectivity index (χ1v) is 12.0. The Morgan fingerprint density at radius 3 is 1.77 bits per heavy atom. The fourth-order valence-corrected chi connectivity index (χ4v) is 4.81. The van der Waals surface area contributed by atoms with Gasteiger partial charge >= 0.3 is 0 Å². The molecule has 0 radical (unpaired) electrons. The van der Waals surface area contributed by atoms with E-state index in [-0.39, 0.29) is 20.7 Å². The first-order chi connectivity index (χ1) is 16.4. The van der Waals surface area contributed by atoms with E-state index in [0.29, 0.717) is 28.1 Å². The van der Waals surface area contributed by atoms with Crippen LogP contribution in [0.2, 0.25) is 0 Å². The largest absolute Gasteiger partial charge is 0.494 e. The van der Waals surface area contributed by atoms with Gasteiger partial charge in [0.15, 0.2) is 21.0 Å². The van der Waals surface area contributed by atoms with Gasteiger partial charge in [-0.2, -0.15) is 0 Å². The maximum absolute atomic E-state index is 13.5. The van der Waals surface area contributed by atoms with Gasteiger partial charge in [-0.1, -0.05) is 0 Å². The van der Waals surface area contributed by atoms with E-state index in [4.69, 9.17) is 33.9 Å². The molecule has 2 heterocycles. The van der Waals surface area contributed by atoms with E-state index in [0.717, 1.165) is 0 Å². The van der Waals surface area contributed by atoms with Gasteiger partial charge in [-0.25, -0.2) is 0 Å². The van der Waals surface area contributed by atoms with Crippen molar-refractivity contribution in [3.63, 3.8) is 0 Å². The lowest BCUT2D eigenvalue weighted by Crippen LogP contribution is -2.33. The summed E-state index contributed by atoms with van der Waals surface area (Å²) in [4.78, 5) is 26.9. The Bertz CT molecular complexity index is 1490. The first kappa shape index (κ1) is 26.7. The van der Waals surface area contributed by atoms with Crippen molar-refractivity contribution in [2.75, 3.05) is 13.7 Å². The Kier molecular flexibility index (Phi) is 7.62. The van der Waals surface area contributed by atoms with Gasteiger partial charge in [0, 0.05) is 28.2 Å². The van der Waals surface area contributed by atoms with Crippen molar-refractivity contribution in [3.8, 4) is 23.3 Å². The third-order valence-corrected chi connectivity index (χ3v) is 7.47. The van der Waals surface area contributed by atoms with Crippen LogP contribution in [-0.2, 0) is 28.2 Å². The highest BCUT2D eigenvalue weighted by Gasteiger charge is 2.33. The van der Waals surface area contributed by atoms with Gasteiger partial charge in [-0.05, 0) is 65.0 Å². The number of halogens is 1. The molecule has 2 aromatic heterocycles. The van der Waals surface area contributed by atoms with Gasteiger partial charge in [0.05, 0.1) is 35.2 Å². The SMILES string of the molecule is CCOc1c(Br)cc(C(c2c(O)n(C)c(=S)n(C)c2=O)c2c(O)n(C)c(=S)n(C)c2=O)cc1OC. The highest BCUT2D eigenvalue weighted by Crippen LogP contribution is 2.43. The van der Waals surface area contributed by atoms with Gasteiger partial charge in [-0.3, -0.25) is 27.9 Å². The molecular weight excluding hydrogens is 560 g/mol. The van der Waals surface area contributed by atoms with Crippen LogP contribution in [0.3, 0.4) is 0 Å². The molecule has 0 bridgehead atoms. The fourth-order valence-electron chi connectivity index (χ4n) is 3.89. The van der Waals surface area contributed by atoms with E-state index < -0.39 is 28.8 Å². The second kappa shape index (κ2) is 9.99. The van der Waals surface area contributed by atoms with Crippen molar-refractivity contribution in [2.24, 2.45) is 28.2 Å². The molecule has 2 N–H and O–H groups in total. The van der Waals surface area contributed by atoms with Crippen molar-refractivity contribution in [1.29, 1.82) is 0 Å². The van der Waals surface area contributed by atoms with E-state index in [1.807, 2.05) is 6.92 Å². The van der Waals surface area contributed by atoms with Gasteiger partial charge in [0.1, 0.15) is 0 Å². The summed E-state index contributed by atoms with van der Waals surface area (Å²) in [6.07, 6.45) is 0. The third-order valence-electron chi connectivity index (χ3n) is 5.79. The van der Waals surface area contributed by atoms with E-state index >= 15 is 0 Å². The fraction of sp³-hybridized carbons (Fsp3) is 0.364. The Morgan fingerprint density at radius 2 is 1.37 bits per heavy atom. The van der Waals surface area contributed by atoms with Crippen LogP contribution < -0.4 is 20.6 Å². The molecule has 0 unspecified atom stereocenters. The van der Waals surface area contributed by atoms with E-state index in [1.54, 1.807) is 12.1 Å². The molecule has 10 nitrogen and oxygen atoms in total. The molecule has 0 aliphatic carbocycles. The molecule has 0 spiro atoms. The minimum Gasteiger partial charge on any atom is -0.494 e. The zero-order valence-corrected chi connectivity index (χ0v) is 23.2. The summed E-state index contributed by atoms with van der Waals surface area (Å²) < 4.78 is 16.7. The van der Waals surface area contributed by atoms with Crippen molar-refractivity contribution in [2.45, 2.75) is 12.8 Å². The molecule has 188 valence electrons. The molecule has 0 fully saturated rings. The topological polar surface area (TPSA) is 113 Å². The van der Waals surface area contributed by atoms with E-state index in [1.165, 1.54) is 53.6 Å². The third kappa shape index (κ3) is 4.32. The maximum Gasteiger partial charge on any atom is 0.262 e. The van der Waals surface area contributed by atoms with Crippen LogP contribution in [0.25, 0.3) is 0 Å². The minimum atomic E-state index is -1.23. The Labute approximate surface area is 219 Å². The molecule has 0 saturated carbocycles. The number of aromatic nitrogens is 4. The van der Waals surface area contributed by atoms with Gasteiger partial charge in [0.2, 0.25) is 11.8 Å². The van der Waals surface area contributed by atoms with Crippen LogP contribution in [0, 0.1) is 9.54 Å². The highest BCUT2D eigenvalue weighted by molar-refractivity contribution is 9.10. The molecular formula is C22H25BrN4O6S2. The molecule has 1 aromatic carbocycles. The summed E-state index contributed by atoms with van der Waals surface area (Å²) in [5, 5.41) is 22.2. The van der Waals surface area contributed by atoms with Crippen LogP contribution in [0.5, 0.6) is 23.3 Å². The van der Waals surface area contributed by atoms with Crippen molar-refractivity contribution in [3.05, 3.63) is 63.5 Å². The molecule has 35 heavy (non-hydrogen) atoms.